The molecule has 128 valence electrons. The Balaban J connectivity index is 1.89. The van der Waals surface area contributed by atoms with E-state index in [1.54, 1.807) is 30.7 Å². The van der Waals surface area contributed by atoms with E-state index in [1.807, 2.05) is 0 Å². The zero-order chi connectivity index (χ0) is 17.7. The second-order valence-electron chi connectivity index (χ2n) is 5.22. The highest BCUT2D eigenvalue weighted by Crippen LogP contribution is 2.18. The molecule has 2 amide bonds. The molecule has 7 nitrogen and oxygen atoms in total. The molecular weight excluding hydrogens is 333 g/mol. The van der Waals surface area contributed by atoms with Gasteiger partial charge in [0.2, 0.25) is 11.8 Å². The SMILES string of the molecule is Cc1ccc(NC(=O)CSc2nnc(CCC(N)=O)n2C)cc1F. The van der Waals surface area contributed by atoms with Crippen LogP contribution in [0, 0.1) is 12.7 Å². The molecule has 3 N–H and O–H groups in total. The molecule has 0 radical (unpaired) electrons. The summed E-state index contributed by atoms with van der Waals surface area (Å²) in [6.45, 7) is 1.65. The third-order valence-corrected chi connectivity index (χ3v) is 4.33. The summed E-state index contributed by atoms with van der Waals surface area (Å²) in [5.74, 6) is -0.316. The predicted molar refractivity (Wildman–Crippen MR) is 89.0 cm³/mol. The van der Waals surface area contributed by atoms with Gasteiger partial charge in [-0.1, -0.05) is 17.8 Å². The third kappa shape index (κ3) is 4.79. The van der Waals surface area contributed by atoms with Gasteiger partial charge in [-0.25, -0.2) is 4.39 Å². The Bertz CT molecular complexity index is 762. The summed E-state index contributed by atoms with van der Waals surface area (Å²) in [7, 11) is 1.76. The predicted octanol–water partition coefficient (Wildman–Crippen LogP) is 1.41. The van der Waals surface area contributed by atoms with Crippen LogP contribution in [0.3, 0.4) is 0 Å². The van der Waals surface area contributed by atoms with Gasteiger partial charge in [-0.05, 0) is 24.6 Å². The molecule has 9 heteroatoms. The van der Waals surface area contributed by atoms with Gasteiger partial charge in [0.05, 0.1) is 5.75 Å². The minimum Gasteiger partial charge on any atom is -0.370 e. The van der Waals surface area contributed by atoms with Crippen LogP contribution in [0.4, 0.5) is 10.1 Å². The molecule has 0 atom stereocenters. The fraction of sp³-hybridized carbons (Fsp3) is 0.333. The number of anilines is 1. The molecule has 0 bridgehead atoms. The van der Waals surface area contributed by atoms with Gasteiger partial charge in [0.15, 0.2) is 5.16 Å². The maximum Gasteiger partial charge on any atom is 0.234 e. The van der Waals surface area contributed by atoms with E-state index < -0.39 is 5.91 Å². The Hall–Kier alpha value is -2.42. The molecule has 0 unspecified atom stereocenters. The van der Waals surface area contributed by atoms with Crippen LogP contribution in [-0.4, -0.2) is 32.3 Å². The Morgan fingerprint density at radius 3 is 2.79 bits per heavy atom. The highest BCUT2D eigenvalue weighted by Gasteiger charge is 2.12. The molecule has 0 aliphatic rings. The van der Waals surface area contributed by atoms with Gasteiger partial charge >= 0.3 is 0 Å². The molecule has 2 rings (SSSR count). The smallest absolute Gasteiger partial charge is 0.234 e. The molecule has 0 aliphatic heterocycles. The van der Waals surface area contributed by atoms with E-state index in [2.05, 4.69) is 15.5 Å². The van der Waals surface area contributed by atoms with Crippen LogP contribution in [0.25, 0.3) is 0 Å². The van der Waals surface area contributed by atoms with E-state index in [4.69, 9.17) is 5.73 Å². The average molecular weight is 351 g/mol. The number of nitrogens with one attached hydrogen (secondary N) is 1. The maximum absolute atomic E-state index is 13.5. The molecule has 0 saturated heterocycles. The highest BCUT2D eigenvalue weighted by atomic mass is 32.2. The van der Waals surface area contributed by atoms with Crippen LogP contribution in [-0.2, 0) is 23.1 Å². The largest absolute Gasteiger partial charge is 0.370 e. The lowest BCUT2D eigenvalue weighted by molar-refractivity contribution is -0.118. The summed E-state index contributed by atoms with van der Waals surface area (Å²) < 4.78 is 15.2. The van der Waals surface area contributed by atoms with Crippen molar-refractivity contribution in [1.82, 2.24) is 14.8 Å². The summed E-state index contributed by atoms with van der Waals surface area (Å²) in [4.78, 5) is 22.7. The van der Waals surface area contributed by atoms with Gasteiger partial charge in [0.25, 0.3) is 0 Å². The minimum atomic E-state index is -0.406. The van der Waals surface area contributed by atoms with Gasteiger partial charge < -0.3 is 15.6 Å². The first-order valence-electron chi connectivity index (χ1n) is 7.22. The van der Waals surface area contributed by atoms with Crippen molar-refractivity contribution in [2.45, 2.75) is 24.9 Å². The van der Waals surface area contributed by atoms with E-state index in [-0.39, 0.29) is 23.9 Å². The molecule has 1 heterocycles. The summed E-state index contributed by atoms with van der Waals surface area (Å²) in [6, 6.07) is 4.53. The van der Waals surface area contributed by atoms with Gasteiger partial charge in [-0.3, -0.25) is 9.59 Å². The zero-order valence-corrected chi connectivity index (χ0v) is 14.2. The van der Waals surface area contributed by atoms with E-state index in [0.29, 0.717) is 28.7 Å². The molecule has 0 fully saturated rings. The number of rotatable bonds is 7. The van der Waals surface area contributed by atoms with Crippen molar-refractivity contribution < 1.29 is 14.0 Å². The first-order valence-corrected chi connectivity index (χ1v) is 8.20. The van der Waals surface area contributed by atoms with Gasteiger partial charge in [-0.2, -0.15) is 0 Å². The van der Waals surface area contributed by atoms with Crippen molar-refractivity contribution in [3.63, 3.8) is 0 Å². The van der Waals surface area contributed by atoms with Crippen LogP contribution in [0.5, 0.6) is 0 Å². The number of halogens is 1. The molecule has 1 aromatic heterocycles. The topological polar surface area (TPSA) is 103 Å². The van der Waals surface area contributed by atoms with Crippen LogP contribution in [0.2, 0.25) is 0 Å². The number of amides is 2. The number of benzene rings is 1. The first-order chi connectivity index (χ1) is 11.4. The summed E-state index contributed by atoms with van der Waals surface area (Å²) >= 11 is 1.20. The Morgan fingerprint density at radius 2 is 2.12 bits per heavy atom. The number of hydrogen-bond acceptors (Lipinski definition) is 5. The van der Waals surface area contributed by atoms with Gasteiger partial charge in [0.1, 0.15) is 11.6 Å². The maximum atomic E-state index is 13.5. The summed E-state index contributed by atoms with van der Waals surface area (Å²) in [6.07, 6.45) is 0.588. The summed E-state index contributed by atoms with van der Waals surface area (Å²) in [5, 5.41) is 11.1. The zero-order valence-electron chi connectivity index (χ0n) is 13.4. The Morgan fingerprint density at radius 1 is 1.38 bits per heavy atom. The minimum absolute atomic E-state index is 0.108. The molecule has 0 aliphatic carbocycles. The van der Waals surface area contributed by atoms with E-state index in [0.717, 1.165) is 0 Å². The normalized spacial score (nSPS) is 10.6. The summed E-state index contributed by atoms with van der Waals surface area (Å²) in [5.41, 5.74) is 6.03. The van der Waals surface area contributed by atoms with Crippen molar-refractivity contribution in [2.75, 3.05) is 11.1 Å². The van der Waals surface area contributed by atoms with Crippen LogP contribution >= 0.6 is 11.8 Å². The fourth-order valence-electron chi connectivity index (χ4n) is 1.92. The second-order valence-corrected chi connectivity index (χ2v) is 6.17. The molecule has 2 aromatic rings. The molecule has 0 saturated carbocycles. The number of aryl methyl sites for hydroxylation is 2. The van der Waals surface area contributed by atoms with Crippen LogP contribution < -0.4 is 11.1 Å². The van der Waals surface area contributed by atoms with E-state index in [9.17, 15) is 14.0 Å². The number of hydrogen-bond donors (Lipinski definition) is 2. The fourth-order valence-corrected chi connectivity index (χ4v) is 2.65. The molecule has 0 spiro atoms. The standard InChI is InChI=1S/C15H18FN5O2S/c1-9-3-4-10(7-11(9)16)18-14(23)8-24-15-20-19-13(21(15)2)6-5-12(17)22/h3-4,7H,5-6,8H2,1-2H3,(H2,17,22)(H,18,23). The molecule has 1 aromatic carbocycles. The van der Waals surface area contributed by atoms with E-state index in [1.165, 1.54) is 17.8 Å². The number of primary amides is 1. The number of aromatic nitrogens is 3. The number of carbonyl (C=O) groups excluding carboxylic acids is 2. The van der Waals surface area contributed by atoms with Crippen molar-refractivity contribution in [2.24, 2.45) is 12.8 Å². The average Bonchev–Trinajstić information content (AvgIpc) is 2.87. The Labute approximate surface area is 142 Å². The van der Waals surface area contributed by atoms with Crippen molar-refractivity contribution in [3.05, 3.63) is 35.4 Å². The third-order valence-electron chi connectivity index (χ3n) is 3.31. The Kier molecular flexibility index (Phi) is 5.91. The molecule has 24 heavy (non-hydrogen) atoms. The number of nitrogens with zero attached hydrogens (tertiary/aromatic N) is 3. The van der Waals surface area contributed by atoms with Crippen LogP contribution in [0.15, 0.2) is 23.4 Å². The quantitative estimate of drug-likeness (QED) is 0.734. The highest BCUT2D eigenvalue weighted by molar-refractivity contribution is 7.99. The first kappa shape index (κ1) is 17.9. The number of nitrogens with two attached hydrogens (primary N) is 1. The van der Waals surface area contributed by atoms with Crippen molar-refractivity contribution >= 4 is 29.3 Å². The van der Waals surface area contributed by atoms with Gasteiger partial charge in [0, 0.05) is 25.6 Å². The van der Waals surface area contributed by atoms with E-state index >= 15 is 0 Å². The monoisotopic (exact) mass is 351 g/mol. The lowest BCUT2D eigenvalue weighted by Gasteiger charge is -2.06. The van der Waals surface area contributed by atoms with Gasteiger partial charge in [-0.15, -0.1) is 10.2 Å². The lowest BCUT2D eigenvalue weighted by Crippen LogP contribution is -2.15. The molecular formula is C15H18FN5O2S. The number of thioether (sulfide) groups is 1. The number of carbonyl (C=O) groups is 2. The van der Waals surface area contributed by atoms with Crippen LogP contribution in [0.1, 0.15) is 17.8 Å². The lowest BCUT2D eigenvalue weighted by atomic mass is 10.2. The van der Waals surface area contributed by atoms with Crippen molar-refractivity contribution in [1.29, 1.82) is 0 Å². The van der Waals surface area contributed by atoms with Crippen molar-refractivity contribution in [3.8, 4) is 0 Å². The second kappa shape index (κ2) is 7.91.